The number of rotatable bonds is 6. The number of para-hydroxylation sites is 1. The van der Waals surface area contributed by atoms with Gasteiger partial charge in [0.15, 0.2) is 0 Å². The van der Waals surface area contributed by atoms with E-state index in [1.807, 2.05) is 25.1 Å². The molecule has 1 unspecified atom stereocenters. The minimum Gasteiger partial charge on any atom is -0.469 e. The molecule has 35 heavy (non-hydrogen) atoms. The number of nitrogens with zero attached hydrogens (tertiary/aromatic N) is 1. The lowest BCUT2D eigenvalue weighted by Crippen LogP contribution is -2.27. The van der Waals surface area contributed by atoms with Crippen LogP contribution in [0.4, 0.5) is 16.2 Å². The number of allylic oxidation sites excluding steroid dienone is 1. The van der Waals surface area contributed by atoms with E-state index in [0.29, 0.717) is 16.9 Å². The molecule has 2 amide bonds. The third-order valence-corrected chi connectivity index (χ3v) is 5.31. The van der Waals surface area contributed by atoms with Crippen molar-refractivity contribution < 1.29 is 28.6 Å². The van der Waals surface area contributed by atoms with Crippen LogP contribution in [-0.2, 0) is 23.8 Å². The summed E-state index contributed by atoms with van der Waals surface area (Å²) in [5.41, 5.74) is 8.25. The first-order valence-corrected chi connectivity index (χ1v) is 10.5. The number of urea groups is 1. The van der Waals surface area contributed by atoms with Gasteiger partial charge in [-0.1, -0.05) is 30.3 Å². The van der Waals surface area contributed by atoms with E-state index >= 15 is 0 Å². The average molecular weight is 476 g/mol. The maximum absolute atomic E-state index is 12.7. The second kappa shape index (κ2) is 10.9. The number of nitrogens with one attached hydrogen (secondary N) is 2. The molecule has 1 heterocycles. The molecule has 1 aliphatic heterocycles. The lowest BCUT2D eigenvalue weighted by molar-refractivity contribution is -0.140. The molecule has 0 aliphatic carbocycles. The molecular formula is C25H24N4O6. The Bertz CT molecular complexity index is 1270. The molecule has 2 aromatic rings. The molecule has 2 aromatic carbocycles. The quantitative estimate of drug-likeness (QED) is 0.536. The molecular weight excluding hydrogens is 452 g/mol. The summed E-state index contributed by atoms with van der Waals surface area (Å²) in [6.45, 7) is 1.87. The molecule has 1 aliphatic rings. The van der Waals surface area contributed by atoms with Crippen molar-refractivity contribution in [3.8, 4) is 6.07 Å². The Morgan fingerprint density at radius 2 is 1.83 bits per heavy atom. The zero-order chi connectivity index (χ0) is 25.5. The second-order valence-corrected chi connectivity index (χ2v) is 7.53. The van der Waals surface area contributed by atoms with E-state index < -0.39 is 30.3 Å². The summed E-state index contributed by atoms with van der Waals surface area (Å²) >= 11 is 0. The number of anilines is 2. The van der Waals surface area contributed by atoms with Crippen LogP contribution in [0.5, 0.6) is 0 Å². The van der Waals surface area contributed by atoms with Crippen molar-refractivity contribution in [2.24, 2.45) is 5.73 Å². The highest BCUT2D eigenvalue weighted by Gasteiger charge is 2.38. The highest BCUT2D eigenvalue weighted by Crippen LogP contribution is 2.41. The van der Waals surface area contributed by atoms with Crippen LogP contribution in [0.15, 0.2) is 71.3 Å². The van der Waals surface area contributed by atoms with Crippen LogP contribution in [0.3, 0.4) is 0 Å². The highest BCUT2D eigenvalue weighted by molar-refractivity contribution is 6.00. The summed E-state index contributed by atoms with van der Waals surface area (Å²) < 4.78 is 15.0. The number of benzene rings is 2. The number of aryl methyl sites for hydroxylation is 1. The largest absolute Gasteiger partial charge is 0.469 e. The molecule has 10 heteroatoms. The predicted octanol–water partition coefficient (Wildman–Crippen LogP) is 3.44. The molecule has 0 fully saturated rings. The molecule has 10 nitrogen and oxygen atoms in total. The molecule has 0 aromatic heterocycles. The van der Waals surface area contributed by atoms with Crippen LogP contribution in [0.1, 0.15) is 23.5 Å². The van der Waals surface area contributed by atoms with Gasteiger partial charge in [-0.05, 0) is 36.2 Å². The van der Waals surface area contributed by atoms with Crippen molar-refractivity contribution in [1.82, 2.24) is 0 Å². The first kappa shape index (κ1) is 24.9. The number of nitriles is 1. The Hall–Kier alpha value is -4.78. The van der Waals surface area contributed by atoms with Crippen LogP contribution in [-0.4, -0.2) is 32.2 Å². The van der Waals surface area contributed by atoms with Crippen molar-refractivity contribution in [2.45, 2.75) is 19.3 Å². The van der Waals surface area contributed by atoms with E-state index in [9.17, 15) is 19.6 Å². The van der Waals surface area contributed by atoms with Crippen LogP contribution >= 0.6 is 0 Å². The van der Waals surface area contributed by atoms with Crippen molar-refractivity contribution in [3.05, 3.63) is 82.4 Å². The Kier molecular flexibility index (Phi) is 7.74. The molecule has 3 rings (SSSR count). The Balaban J connectivity index is 1.99. The minimum absolute atomic E-state index is 0.0412. The number of amides is 2. The summed E-state index contributed by atoms with van der Waals surface area (Å²) in [4.78, 5) is 37.2. The Morgan fingerprint density at radius 3 is 2.49 bits per heavy atom. The molecule has 0 radical (unpaired) electrons. The summed E-state index contributed by atoms with van der Waals surface area (Å²) in [6.07, 6.45) is -0.395. The lowest BCUT2D eigenvalue weighted by atomic mass is 9.82. The number of hydrogen-bond acceptors (Lipinski definition) is 8. The Morgan fingerprint density at radius 1 is 1.09 bits per heavy atom. The van der Waals surface area contributed by atoms with Crippen molar-refractivity contribution in [1.29, 1.82) is 5.26 Å². The smallest absolute Gasteiger partial charge is 0.338 e. The first-order valence-electron chi connectivity index (χ1n) is 10.5. The topological polar surface area (TPSA) is 153 Å². The third kappa shape index (κ3) is 5.59. The normalized spacial score (nSPS) is 15.0. The number of esters is 2. The van der Waals surface area contributed by atoms with E-state index in [-0.39, 0.29) is 22.8 Å². The molecule has 180 valence electrons. The first-order chi connectivity index (χ1) is 16.8. The fourth-order valence-corrected chi connectivity index (χ4v) is 3.61. The fraction of sp³-hybridized carbons (Fsp3) is 0.200. The van der Waals surface area contributed by atoms with Crippen molar-refractivity contribution in [2.75, 3.05) is 24.9 Å². The highest BCUT2D eigenvalue weighted by atomic mass is 16.5. The van der Waals surface area contributed by atoms with Crippen LogP contribution in [0.2, 0.25) is 0 Å². The van der Waals surface area contributed by atoms with E-state index in [1.165, 1.54) is 14.2 Å². The summed E-state index contributed by atoms with van der Waals surface area (Å²) in [5, 5.41) is 15.3. The van der Waals surface area contributed by atoms with Gasteiger partial charge in [0, 0.05) is 11.4 Å². The van der Waals surface area contributed by atoms with E-state index in [1.54, 1.807) is 36.4 Å². The van der Waals surface area contributed by atoms with Crippen molar-refractivity contribution >= 4 is 29.3 Å². The van der Waals surface area contributed by atoms with E-state index in [2.05, 4.69) is 15.4 Å². The molecule has 0 bridgehead atoms. The summed E-state index contributed by atoms with van der Waals surface area (Å²) in [6, 6.07) is 15.4. The van der Waals surface area contributed by atoms with Crippen LogP contribution in [0, 0.1) is 18.3 Å². The maximum Gasteiger partial charge on any atom is 0.338 e. The zero-order valence-corrected chi connectivity index (χ0v) is 19.4. The second-order valence-electron chi connectivity index (χ2n) is 7.53. The third-order valence-electron chi connectivity index (χ3n) is 5.31. The molecule has 0 saturated carbocycles. The summed E-state index contributed by atoms with van der Waals surface area (Å²) in [7, 11) is 2.36. The monoisotopic (exact) mass is 476 g/mol. The fourth-order valence-electron chi connectivity index (χ4n) is 3.61. The van der Waals surface area contributed by atoms with Gasteiger partial charge in [0.05, 0.1) is 25.7 Å². The van der Waals surface area contributed by atoms with Gasteiger partial charge >= 0.3 is 18.0 Å². The van der Waals surface area contributed by atoms with Gasteiger partial charge in [-0.3, -0.25) is 4.79 Å². The number of methoxy groups -OCH3 is 2. The SMILES string of the molecule is COC(=O)CC1=C(C(=O)OC)C(c2cccc(NC(=O)Nc3ccccc3C)c2)C(C#N)=C(N)O1. The average Bonchev–Trinajstić information content (AvgIpc) is 2.84. The number of hydrogen-bond donors (Lipinski definition) is 3. The van der Waals surface area contributed by atoms with E-state index in [0.717, 1.165) is 5.56 Å². The number of carbonyl (C=O) groups excluding carboxylic acids is 3. The maximum atomic E-state index is 12.7. The van der Waals surface area contributed by atoms with Gasteiger partial charge in [0.1, 0.15) is 23.8 Å². The standard InChI is InChI=1S/C25H24N4O6/c1-14-7-4-5-10-18(14)29-25(32)28-16-9-6-8-15(11-16)21-17(13-26)23(27)35-19(12-20(30)33-2)22(21)24(31)34-3/h4-11,21H,12,27H2,1-3H3,(H2,28,29,32). The van der Waals surface area contributed by atoms with Gasteiger partial charge in [-0.15, -0.1) is 0 Å². The lowest BCUT2D eigenvalue weighted by Gasteiger charge is -2.27. The van der Waals surface area contributed by atoms with Crippen molar-refractivity contribution in [3.63, 3.8) is 0 Å². The van der Waals surface area contributed by atoms with E-state index in [4.69, 9.17) is 15.2 Å². The minimum atomic E-state index is -0.998. The van der Waals surface area contributed by atoms with Gasteiger partial charge in [-0.25, -0.2) is 9.59 Å². The molecule has 4 N–H and O–H groups in total. The number of carbonyl (C=O) groups is 3. The Labute approximate surface area is 202 Å². The van der Waals surface area contributed by atoms with Gasteiger partial charge < -0.3 is 30.6 Å². The van der Waals surface area contributed by atoms with Crippen LogP contribution in [0.25, 0.3) is 0 Å². The summed E-state index contributed by atoms with van der Waals surface area (Å²) in [5.74, 6) is -2.80. The van der Waals surface area contributed by atoms with Gasteiger partial charge in [-0.2, -0.15) is 5.26 Å². The molecule has 0 spiro atoms. The zero-order valence-electron chi connectivity index (χ0n) is 19.4. The number of ether oxygens (including phenoxy) is 3. The molecule has 1 atom stereocenters. The number of nitrogens with two attached hydrogens (primary N) is 1. The van der Waals surface area contributed by atoms with Gasteiger partial charge in [0.2, 0.25) is 5.88 Å². The predicted molar refractivity (Wildman–Crippen MR) is 127 cm³/mol. The van der Waals surface area contributed by atoms with Crippen LogP contribution < -0.4 is 16.4 Å². The molecule has 0 saturated heterocycles. The van der Waals surface area contributed by atoms with Gasteiger partial charge in [0.25, 0.3) is 0 Å².